The molecule has 0 N–H and O–H groups in total. The van der Waals surface area contributed by atoms with Crippen molar-refractivity contribution in [1.29, 1.82) is 0 Å². The summed E-state index contributed by atoms with van der Waals surface area (Å²) in [6.07, 6.45) is 0. The second-order valence-electron chi connectivity index (χ2n) is 8.63. The molecule has 35 heavy (non-hydrogen) atoms. The molecule has 0 saturated heterocycles. The summed E-state index contributed by atoms with van der Waals surface area (Å²) in [5, 5.41) is 3.42. The monoisotopic (exact) mass is 563 g/mol. The molecule has 0 fully saturated rings. The molecule has 0 radical (unpaired) electrons. The van der Waals surface area contributed by atoms with Crippen LogP contribution in [0.2, 0.25) is 0 Å². The standard InChI is InChI=1S/C27H22BrN3O2S2/c1-13-9-16(11-32-3)19-21-24(34-26(19)29-13)22(15-5-7-18(28)8-6-15)31-23-20-17(12-33-4)10-14(2)30-27(20)35-25(21)23/h5-10H,11-12H2,1-4H3. The fourth-order valence-corrected chi connectivity index (χ4v) is 7.65. The number of nitrogens with zero attached hydrogens (tertiary/aromatic N) is 3. The fourth-order valence-electron chi connectivity index (χ4n) is 4.77. The number of aryl methyl sites for hydroxylation is 2. The van der Waals surface area contributed by atoms with Gasteiger partial charge in [0.25, 0.3) is 0 Å². The van der Waals surface area contributed by atoms with E-state index < -0.39 is 0 Å². The fraction of sp³-hybridized carbons (Fsp3) is 0.222. The number of ether oxygens (including phenoxy) is 2. The number of hydrogen-bond donors (Lipinski definition) is 0. The van der Waals surface area contributed by atoms with Crippen LogP contribution in [-0.2, 0) is 22.7 Å². The topological polar surface area (TPSA) is 57.1 Å². The lowest BCUT2D eigenvalue weighted by Gasteiger charge is -2.08. The van der Waals surface area contributed by atoms with Gasteiger partial charge in [0.05, 0.1) is 33.8 Å². The molecule has 1 aromatic carbocycles. The Morgan fingerprint density at radius 2 is 1.31 bits per heavy atom. The zero-order chi connectivity index (χ0) is 24.3. The van der Waals surface area contributed by atoms with E-state index >= 15 is 0 Å². The van der Waals surface area contributed by atoms with E-state index in [1.54, 1.807) is 36.9 Å². The van der Waals surface area contributed by atoms with Crippen molar-refractivity contribution >= 4 is 79.3 Å². The number of halogens is 1. The predicted molar refractivity (Wildman–Crippen MR) is 150 cm³/mol. The largest absolute Gasteiger partial charge is 0.380 e. The predicted octanol–water partition coefficient (Wildman–Crippen LogP) is 7.95. The van der Waals surface area contributed by atoms with Gasteiger partial charge in [-0.15, -0.1) is 22.7 Å². The lowest BCUT2D eigenvalue weighted by Crippen LogP contribution is -1.94. The van der Waals surface area contributed by atoms with Crippen LogP contribution >= 0.6 is 38.6 Å². The first-order valence-electron chi connectivity index (χ1n) is 11.2. The van der Waals surface area contributed by atoms with Crippen molar-refractivity contribution < 1.29 is 9.47 Å². The lowest BCUT2D eigenvalue weighted by atomic mass is 10.0. The molecule has 0 saturated carbocycles. The summed E-state index contributed by atoms with van der Waals surface area (Å²) in [7, 11) is 3.47. The summed E-state index contributed by atoms with van der Waals surface area (Å²) < 4.78 is 14.5. The zero-order valence-corrected chi connectivity index (χ0v) is 22.9. The van der Waals surface area contributed by atoms with Gasteiger partial charge in [0.2, 0.25) is 0 Å². The molecule has 0 aliphatic carbocycles. The number of hydrogen-bond acceptors (Lipinski definition) is 7. The lowest BCUT2D eigenvalue weighted by molar-refractivity contribution is 0.186. The third-order valence-corrected chi connectivity index (χ3v) is 8.81. The van der Waals surface area contributed by atoms with Crippen molar-refractivity contribution in [1.82, 2.24) is 15.0 Å². The smallest absolute Gasteiger partial charge is 0.126 e. The van der Waals surface area contributed by atoms with Crippen LogP contribution in [0, 0.1) is 13.8 Å². The summed E-state index contributed by atoms with van der Waals surface area (Å²) >= 11 is 6.98. The van der Waals surface area contributed by atoms with E-state index in [2.05, 4.69) is 52.3 Å². The van der Waals surface area contributed by atoms with Gasteiger partial charge < -0.3 is 9.47 Å². The molecule has 5 nitrogen and oxygen atoms in total. The first-order valence-corrected chi connectivity index (χ1v) is 13.6. The zero-order valence-electron chi connectivity index (χ0n) is 19.7. The molecule has 5 aromatic heterocycles. The summed E-state index contributed by atoms with van der Waals surface area (Å²) in [4.78, 5) is 17.1. The number of benzene rings is 1. The highest BCUT2D eigenvalue weighted by atomic mass is 79.9. The molecule has 8 heteroatoms. The van der Waals surface area contributed by atoms with Crippen LogP contribution in [0.25, 0.3) is 52.0 Å². The van der Waals surface area contributed by atoms with Crippen molar-refractivity contribution in [3.05, 3.63) is 63.4 Å². The Kier molecular flexibility index (Phi) is 5.81. The van der Waals surface area contributed by atoms with Crippen LogP contribution in [0.15, 0.2) is 40.9 Å². The Morgan fingerprint density at radius 1 is 0.743 bits per heavy atom. The maximum absolute atomic E-state index is 5.61. The Balaban J connectivity index is 1.86. The number of methoxy groups -OCH3 is 2. The van der Waals surface area contributed by atoms with Crippen molar-refractivity contribution in [2.75, 3.05) is 14.2 Å². The van der Waals surface area contributed by atoms with Crippen molar-refractivity contribution in [2.24, 2.45) is 0 Å². The van der Waals surface area contributed by atoms with Gasteiger partial charge in [0.15, 0.2) is 0 Å². The Labute approximate surface area is 218 Å². The van der Waals surface area contributed by atoms with Gasteiger partial charge in [0, 0.05) is 51.8 Å². The molecule has 0 spiro atoms. The van der Waals surface area contributed by atoms with Gasteiger partial charge in [-0.2, -0.15) is 0 Å². The van der Waals surface area contributed by atoms with E-state index in [0.717, 1.165) is 73.6 Å². The summed E-state index contributed by atoms with van der Waals surface area (Å²) in [5.41, 5.74) is 7.24. The van der Waals surface area contributed by atoms with E-state index in [4.69, 9.17) is 24.4 Å². The van der Waals surface area contributed by atoms with E-state index in [-0.39, 0.29) is 0 Å². The molecular weight excluding hydrogens is 542 g/mol. The Hall–Kier alpha value is -2.49. The van der Waals surface area contributed by atoms with Crippen LogP contribution in [-0.4, -0.2) is 29.2 Å². The van der Waals surface area contributed by atoms with E-state index in [1.807, 2.05) is 13.8 Å². The van der Waals surface area contributed by atoms with Crippen molar-refractivity contribution in [3.63, 3.8) is 0 Å². The van der Waals surface area contributed by atoms with Crippen LogP contribution < -0.4 is 0 Å². The maximum atomic E-state index is 5.61. The van der Waals surface area contributed by atoms with Crippen molar-refractivity contribution in [2.45, 2.75) is 27.1 Å². The van der Waals surface area contributed by atoms with E-state index in [9.17, 15) is 0 Å². The minimum atomic E-state index is 0.513. The molecule has 0 amide bonds. The van der Waals surface area contributed by atoms with Gasteiger partial charge in [-0.1, -0.05) is 28.1 Å². The number of aromatic nitrogens is 3. The molecule has 6 aromatic rings. The number of fused-ring (bicyclic) bond motifs is 7. The number of thiophene rings is 2. The Bertz CT molecular complexity index is 1760. The maximum Gasteiger partial charge on any atom is 0.126 e. The minimum absolute atomic E-state index is 0.513. The SMILES string of the molecule is COCc1cc(C)nc2sc3c(nc(-c4ccc(Br)cc4)c4sc5nc(C)cc(COC)c5c43)c12. The van der Waals surface area contributed by atoms with Gasteiger partial charge in [-0.25, -0.2) is 15.0 Å². The van der Waals surface area contributed by atoms with Crippen LogP contribution in [0.5, 0.6) is 0 Å². The average molecular weight is 565 g/mol. The average Bonchev–Trinajstić information content (AvgIpc) is 3.37. The molecule has 0 aliphatic heterocycles. The van der Waals surface area contributed by atoms with E-state index in [1.165, 1.54) is 5.39 Å². The van der Waals surface area contributed by atoms with Crippen molar-refractivity contribution in [3.8, 4) is 11.3 Å². The highest BCUT2D eigenvalue weighted by Crippen LogP contribution is 2.48. The normalized spacial score (nSPS) is 12.0. The highest BCUT2D eigenvalue weighted by Gasteiger charge is 2.23. The molecule has 0 atom stereocenters. The summed E-state index contributed by atoms with van der Waals surface area (Å²) in [6.45, 7) is 5.11. The highest BCUT2D eigenvalue weighted by molar-refractivity contribution is 9.10. The second-order valence-corrected chi connectivity index (χ2v) is 11.5. The molecule has 0 bridgehead atoms. The second kappa shape index (κ2) is 8.87. The third kappa shape index (κ3) is 3.75. The summed E-state index contributed by atoms with van der Waals surface area (Å²) in [5.74, 6) is 0. The summed E-state index contributed by atoms with van der Waals surface area (Å²) in [6, 6.07) is 12.6. The van der Waals surface area contributed by atoms with Crippen LogP contribution in [0.4, 0.5) is 0 Å². The molecule has 5 heterocycles. The molecule has 0 aliphatic rings. The molecule has 176 valence electrons. The third-order valence-electron chi connectivity index (χ3n) is 6.10. The minimum Gasteiger partial charge on any atom is -0.380 e. The van der Waals surface area contributed by atoms with Gasteiger partial charge >= 0.3 is 0 Å². The van der Waals surface area contributed by atoms with Crippen LogP contribution in [0.3, 0.4) is 0 Å². The quantitative estimate of drug-likeness (QED) is 0.213. The molecule has 6 rings (SSSR count). The first-order chi connectivity index (χ1) is 17.0. The number of rotatable bonds is 5. The molecule has 0 unspecified atom stereocenters. The molecular formula is C27H22BrN3O2S2. The first kappa shape index (κ1) is 22.9. The van der Waals surface area contributed by atoms with Crippen LogP contribution in [0.1, 0.15) is 22.5 Å². The van der Waals surface area contributed by atoms with Gasteiger partial charge in [-0.3, -0.25) is 0 Å². The van der Waals surface area contributed by atoms with Gasteiger partial charge in [-0.05, 0) is 49.2 Å². The number of pyridine rings is 3. The van der Waals surface area contributed by atoms with E-state index in [0.29, 0.717) is 13.2 Å². The van der Waals surface area contributed by atoms with Gasteiger partial charge in [0.1, 0.15) is 9.66 Å². The Morgan fingerprint density at radius 3 is 1.94 bits per heavy atom.